The summed E-state index contributed by atoms with van der Waals surface area (Å²) >= 11 is 1.36. The van der Waals surface area contributed by atoms with Gasteiger partial charge in [-0.25, -0.2) is 0 Å². The number of hydrogen-bond acceptors (Lipinski definition) is 5. The van der Waals surface area contributed by atoms with Crippen molar-refractivity contribution >= 4 is 34.7 Å². The Labute approximate surface area is 165 Å². The molecule has 0 fully saturated rings. The van der Waals surface area contributed by atoms with Crippen LogP contribution in [0, 0.1) is 0 Å². The summed E-state index contributed by atoms with van der Waals surface area (Å²) in [5.41, 5.74) is 1.53. The van der Waals surface area contributed by atoms with Crippen molar-refractivity contribution in [3.63, 3.8) is 0 Å². The third kappa shape index (κ3) is 5.55. The van der Waals surface area contributed by atoms with Gasteiger partial charge in [-0.2, -0.15) is 0 Å². The molecular weight excluding hydrogens is 378 g/mol. The smallest absolute Gasteiger partial charge is 0.291 e. The lowest BCUT2D eigenvalue weighted by Gasteiger charge is -2.08. The zero-order valence-electron chi connectivity index (χ0n) is 14.9. The highest BCUT2D eigenvalue weighted by molar-refractivity contribution is 7.12. The van der Waals surface area contributed by atoms with Crippen molar-refractivity contribution in [1.82, 2.24) is 10.6 Å². The first-order valence-electron chi connectivity index (χ1n) is 8.64. The van der Waals surface area contributed by atoms with Crippen LogP contribution in [0.2, 0.25) is 0 Å². The lowest BCUT2D eigenvalue weighted by Crippen LogP contribution is -2.30. The molecule has 0 unspecified atom stereocenters. The first kappa shape index (κ1) is 19.4. The van der Waals surface area contributed by atoms with E-state index in [1.807, 2.05) is 17.5 Å². The van der Waals surface area contributed by atoms with Gasteiger partial charge in [0.15, 0.2) is 5.76 Å². The Hall–Kier alpha value is -3.39. The van der Waals surface area contributed by atoms with Crippen molar-refractivity contribution in [3.05, 3.63) is 76.4 Å². The Bertz CT molecular complexity index is 919. The number of carbonyl (C=O) groups excluding carboxylic acids is 3. The average Bonchev–Trinajstić information content (AvgIpc) is 3.41. The number of rotatable bonds is 8. The van der Waals surface area contributed by atoms with E-state index in [1.54, 1.807) is 36.4 Å². The molecule has 3 N–H and O–H groups in total. The standard InChI is InChI=1S/C20H19N3O4S/c24-18(9-10-21-20(26)17-4-2-12-28-17)22-13-14-5-7-15(8-6-14)23-19(25)16-3-1-11-27-16/h1-8,11-12H,9-10,13H2,(H,21,26)(H,22,24)(H,23,25). The molecule has 3 rings (SSSR count). The van der Waals surface area contributed by atoms with Crippen LogP contribution in [0.25, 0.3) is 0 Å². The fourth-order valence-corrected chi connectivity index (χ4v) is 3.02. The highest BCUT2D eigenvalue weighted by Crippen LogP contribution is 2.12. The predicted octanol–water partition coefficient (Wildman–Crippen LogP) is 3.03. The summed E-state index contributed by atoms with van der Waals surface area (Å²) in [5.74, 6) is -0.408. The second kappa shape index (κ2) is 9.52. The molecule has 1 aromatic carbocycles. The van der Waals surface area contributed by atoms with Crippen LogP contribution in [-0.4, -0.2) is 24.3 Å². The van der Waals surface area contributed by atoms with Crippen molar-refractivity contribution in [2.75, 3.05) is 11.9 Å². The van der Waals surface area contributed by atoms with Crippen molar-refractivity contribution in [1.29, 1.82) is 0 Å². The number of nitrogens with one attached hydrogen (secondary N) is 3. The second-order valence-electron chi connectivity index (χ2n) is 5.89. The number of hydrogen-bond donors (Lipinski definition) is 3. The van der Waals surface area contributed by atoms with Gasteiger partial charge in [0.05, 0.1) is 11.1 Å². The van der Waals surface area contributed by atoms with Gasteiger partial charge in [-0.15, -0.1) is 11.3 Å². The maximum atomic E-state index is 11.9. The molecular formula is C20H19N3O4S. The zero-order chi connectivity index (χ0) is 19.8. The Balaban J connectivity index is 1.37. The summed E-state index contributed by atoms with van der Waals surface area (Å²) in [7, 11) is 0. The molecule has 0 atom stereocenters. The number of anilines is 1. The van der Waals surface area contributed by atoms with Crippen LogP contribution in [0.3, 0.4) is 0 Å². The molecule has 0 aliphatic carbocycles. The minimum Gasteiger partial charge on any atom is -0.459 e. The fraction of sp³-hybridized carbons (Fsp3) is 0.150. The molecule has 7 nitrogen and oxygen atoms in total. The molecule has 28 heavy (non-hydrogen) atoms. The Morgan fingerprint density at radius 3 is 2.43 bits per heavy atom. The van der Waals surface area contributed by atoms with E-state index in [0.29, 0.717) is 17.1 Å². The average molecular weight is 397 g/mol. The first-order valence-corrected chi connectivity index (χ1v) is 9.52. The molecule has 0 saturated heterocycles. The number of furan rings is 1. The largest absolute Gasteiger partial charge is 0.459 e. The van der Waals surface area contributed by atoms with Crippen LogP contribution in [-0.2, 0) is 11.3 Å². The van der Waals surface area contributed by atoms with Crippen LogP contribution in [0.4, 0.5) is 5.69 Å². The maximum absolute atomic E-state index is 11.9. The van der Waals surface area contributed by atoms with Crippen LogP contribution in [0.15, 0.2) is 64.6 Å². The number of carbonyl (C=O) groups is 3. The molecule has 0 aliphatic heterocycles. The predicted molar refractivity (Wildman–Crippen MR) is 106 cm³/mol. The minimum atomic E-state index is -0.323. The summed E-state index contributed by atoms with van der Waals surface area (Å²) in [6.07, 6.45) is 1.64. The maximum Gasteiger partial charge on any atom is 0.291 e. The van der Waals surface area contributed by atoms with Crippen molar-refractivity contribution in [2.24, 2.45) is 0 Å². The van der Waals surface area contributed by atoms with Gasteiger partial charge in [-0.05, 0) is 41.3 Å². The summed E-state index contributed by atoms with van der Waals surface area (Å²) in [6, 6.07) is 13.9. The van der Waals surface area contributed by atoms with E-state index in [4.69, 9.17) is 4.42 Å². The van der Waals surface area contributed by atoms with Gasteiger partial charge in [0.25, 0.3) is 11.8 Å². The van der Waals surface area contributed by atoms with Crippen LogP contribution < -0.4 is 16.0 Å². The van der Waals surface area contributed by atoms with Gasteiger partial charge in [0.2, 0.25) is 5.91 Å². The lowest BCUT2D eigenvalue weighted by atomic mass is 10.2. The highest BCUT2D eigenvalue weighted by Gasteiger charge is 2.09. The third-order valence-electron chi connectivity index (χ3n) is 3.83. The molecule has 0 radical (unpaired) electrons. The van der Waals surface area contributed by atoms with Crippen LogP contribution in [0.1, 0.15) is 32.2 Å². The second-order valence-corrected chi connectivity index (χ2v) is 6.84. The van der Waals surface area contributed by atoms with Crippen molar-refractivity contribution < 1.29 is 18.8 Å². The summed E-state index contributed by atoms with van der Waals surface area (Å²) in [4.78, 5) is 36.2. The molecule has 2 heterocycles. The Morgan fingerprint density at radius 2 is 1.75 bits per heavy atom. The summed E-state index contributed by atoms with van der Waals surface area (Å²) < 4.78 is 5.04. The Morgan fingerprint density at radius 1 is 0.929 bits per heavy atom. The zero-order valence-corrected chi connectivity index (χ0v) is 15.8. The molecule has 0 aliphatic rings. The highest BCUT2D eigenvalue weighted by atomic mass is 32.1. The number of benzene rings is 1. The van der Waals surface area contributed by atoms with Gasteiger partial charge in [-0.1, -0.05) is 18.2 Å². The molecule has 3 aromatic rings. The molecule has 3 amide bonds. The van der Waals surface area contributed by atoms with Gasteiger partial charge >= 0.3 is 0 Å². The van der Waals surface area contributed by atoms with Gasteiger partial charge in [0, 0.05) is 25.2 Å². The van der Waals surface area contributed by atoms with E-state index in [9.17, 15) is 14.4 Å². The van der Waals surface area contributed by atoms with Gasteiger partial charge in [-0.3, -0.25) is 14.4 Å². The van der Waals surface area contributed by atoms with Crippen LogP contribution in [0.5, 0.6) is 0 Å². The van der Waals surface area contributed by atoms with Gasteiger partial charge in [0.1, 0.15) is 0 Å². The Kier molecular flexibility index (Phi) is 6.59. The number of amides is 3. The number of thiophene rings is 1. The van der Waals surface area contributed by atoms with E-state index in [1.165, 1.54) is 17.6 Å². The topological polar surface area (TPSA) is 100 Å². The van der Waals surface area contributed by atoms with Crippen molar-refractivity contribution in [2.45, 2.75) is 13.0 Å². The van der Waals surface area contributed by atoms with E-state index in [0.717, 1.165) is 5.56 Å². The fourth-order valence-electron chi connectivity index (χ4n) is 2.38. The molecule has 0 spiro atoms. The normalized spacial score (nSPS) is 10.3. The minimum absolute atomic E-state index is 0.151. The van der Waals surface area contributed by atoms with E-state index < -0.39 is 0 Å². The van der Waals surface area contributed by atoms with Crippen LogP contribution >= 0.6 is 11.3 Å². The quantitative estimate of drug-likeness (QED) is 0.544. The van der Waals surface area contributed by atoms with Gasteiger partial charge < -0.3 is 20.4 Å². The molecule has 8 heteroatoms. The summed E-state index contributed by atoms with van der Waals surface area (Å²) in [6.45, 7) is 0.643. The van der Waals surface area contributed by atoms with E-state index in [2.05, 4.69) is 16.0 Å². The van der Waals surface area contributed by atoms with E-state index in [-0.39, 0.29) is 36.4 Å². The molecule has 0 saturated carbocycles. The molecule has 2 aromatic heterocycles. The first-order chi connectivity index (χ1) is 13.6. The molecule has 0 bridgehead atoms. The molecule has 144 valence electrons. The monoisotopic (exact) mass is 397 g/mol. The third-order valence-corrected chi connectivity index (χ3v) is 4.70. The van der Waals surface area contributed by atoms with E-state index >= 15 is 0 Å². The lowest BCUT2D eigenvalue weighted by molar-refractivity contribution is -0.121. The van der Waals surface area contributed by atoms with Crippen molar-refractivity contribution in [3.8, 4) is 0 Å². The SMILES string of the molecule is O=C(CCNC(=O)c1cccs1)NCc1ccc(NC(=O)c2ccco2)cc1. The summed E-state index contributed by atoms with van der Waals surface area (Å²) in [5, 5.41) is 10.1.